The van der Waals surface area contributed by atoms with Crippen LogP contribution in [0.2, 0.25) is 0 Å². The van der Waals surface area contributed by atoms with Crippen molar-refractivity contribution < 1.29 is 9.90 Å². The third-order valence-corrected chi connectivity index (χ3v) is 2.85. The first-order valence-electron chi connectivity index (χ1n) is 4.23. The maximum atomic E-state index is 11.3. The monoisotopic (exact) mass is 235 g/mol. The molecule has 0 bridgehead atoms. The van der Waals surface area contributed by atoms with Crippen molar-refractivity contribution in [3.8, 4) is 0 Å². The van der Waals surface area contributed by atoms with Crippen molar-refractivity contribution in [2.75, 3.05) is 13.2 Å². The van der Waals surface area contributed by atoms with Crippen molar-refractivity contribution in [1.82, 2.24) is 4.90 Å². The number of likely N-dealkylation sites (tertiary alicyclic amines) is 1. The fraction of sp³-hybridized carbons (Fsp3) is 0.875. The van der Waals surface area contributed by atoms with Gasteiger partial charge in [0.1, 0.15) is 0 Å². The van der Waals surface area contributed by atoms with Crippen LogP contribution in [-0.2, 0) is 4.79 Å². The SMILES string of the molecule is CCC(CO)N1CC(Br)CC1=O. The number of alkyl halides is 1. The van der Waals surface area contributed by atoms with Crippen molar-refractivity contribution >= 4 is 21.8 Å². The van der Waals surface area contributed by atoms with Crippen LogP contribution in [0.3, 0.4) is 0 Å². The Morgan fingerprint density at radius 3 is 2.83 bits per heavy atom. The quantitative estimate of drug-likeness (QED) is 0.734. The van der Waals surface area contributed by atoms with E-state index in [4.69, 9.17) is 5.11 Å². The summed E-state index contributed by atoms with van der Waals surface area (Å²) in [6.45, 7) is 2.79. The van der Waals surface area contributed by atoms with E-state index in [0.717, 1.165) is 13.0 Å². The van der Waals surface area contributed by atoms with E-state index >= 15 is 0 Å². The van der Waals surface area contributed by atoms with Crippen molar-refractivity contribution in [2.24, 2.45) is 0 Å². The Labute approximate surface area is 80.9 Å². The molecule has 70 valence electrons. The topological polar surface area (TPSA) is 40.5 Å². The van der Waals surface area contributed by atoms with Crippen molar-refractivity contribution in [3.63, 3.8) is 0 Å². The van der Waals surface area contributed by atoms with Gasteiger partial charge in [-0.05, 0) is 6.42 Å². The number of hydrogen-bond acceptors (Lipinski definition) is 2. The molecule has 0 aromatic carbocycles. The molecule has 1 heterocycles. The van der Waals surface area contributed by atoms with Gasteiger partial charge in [0.05, 0.1) is 12.6 Å². The molecule has 4 heteroatoms. The predicted molar refractivity (Wildman–Crippen MR) is 50.2 cm³/mol. The number of aliphatic hydroxyl groups is 1. The zero-order chi connectivity index (χ0) is 9.14. The lowest BCUT2D eigenvalue weighted by atomic mass is 10.2. The fourth-order valence-corrected chi connectivity index (χ4v) is 2.08. The van der Waals surface area contributed by atoms with Crippen molar-refractivity contribution in [1.29, 1.82) is 0 Å². The molecule has 0 aliphatic carbocycles. The lowest BCUT2D eigenvalue weighted by Gasteiger charge is -2.24. The molecule has 2 unspecified atom stereocenters. The summed E-state index contributed by atoms with van der Waals surface area (Å²) >= 11 is 3.40. The van der Waals surface area contributed by atoms with Gasteiger partial charge in [0.15, 0.2) is 0 Å². The lowest BCUT2D eigenvalue weighted by molar-refractivity contribution is -0.130. The molecule has 0 aromatic rings. The lowest BCUT2D eigenvalue weighted by Crippen LogP contribution is -2.38. The first kappa shape index (κ1) is 9.99. The molecule has 0 spiro atoms. The highest BCUT2D eigenvalue weighted by Crippen LogP contribution is 2.21. The smallest absolute Gasteiger partial charge is 0.224 e. The second-order valence-corrected chi connectivity index (χ2v) is 4.39. The third-order valence-electron chi connectivity index (χ3n) is 2.23. The molecule has 0 saturated carbocycles. The molecule has 1 rings (SSSR count). The van der Waals surface area contributed by atoms with E-state index in [2.05, 4.69) is 15.9 Å². The molecular formula is C8H14BrNO2. The molecule has 2 atom stereocenters. The summed E-state index contributed by atoms with van der Waals surface area (Å²) in [5.41, 5.74) is 0. The largest absolute Gasteiger partial charge is 0.394 e. The summed E-state index contributed by atoms with van der Waals surface area (Å²) < 4.78 is 0. The summed E-state index contributed by atoms with van der Waals surface area (Å²) in [5.74, 6) is 0.151. The number of carbonyl (C=O) groups excluding carboxylic acids is 1. The number of carbonyl (C=O) groups is 1. The van der Waals surface area contributed by atoms with Crippen LogP contribution in [0.15, 0.2) is 0 Å². The van der Waals surface area contributed by atoms with Crippen LogP contribution in [0.1, 0.15) is 19.8 Å². The third kappa shape index (κ3) is 1.98. The normalized spacial score (nSPS) is 26.4. The minimum Gasteiger partial charge on any atom is -0.394 e. The predicted octanol–water partition coefficient (Wildman–Crippen LogP) is 0.753. The molecule has 1 aliphatic rings. The summed E-state index contributed by atoms with van der Waals surface area (Å²) in [4.78, 5) is 13.4. The molecule has 12 heavy (non-hydrogen) atoms. The second-order valence-electron chi connectivity index (χ2n) is 3.09. The molecular weight excluding hydrogens is 222 g/mol. The van der Waals surface area contributed by atoms with Crippen LogP contribution < -0.4 is 0 Å². The van der Waals surface area contributed by atoms with Crippen LogP contribution in [0.25, 0.3) is 0 Å². The van der Waals surface area contributed by atoms with Gasteiger partial charge in [-0.15, -0.1) is 0 Å². The Kier molecular flexibility index (Phi) is 3.53. The van der Waals surface area contributed by atoms with Crippen LogP contribution in [0.5, 0.6) is 0 Å². The number of hydrogen-bond donors (Lipinski definition) is 1. The standard InChI is InChI=1S/C8H14BrNO2/c1-2-7(5-11)10-4-6(9)3-8(10)12/h6-7,11H,2-5H2,1H3. The molecule has 3 nitrogen and oxygen atoms in total. The maximum absolute atomic E-state index is 11.3. The highest BCUT2D eigenvalue weighted by Gasteiger charge is 2.31. The van der Waals surface area contributed by atoms with Gasteiger partial charge < -0.3 is 10.0 Å². The van der Waals surface area contributed by atoms with E-state index in [0.29, 0.717) is 6.42 Å². The molecule has 1 aliphatic heterocycles. The molecule has 1 saturated heterocycles. The highest BCUT2D eigenvalue weighted by molar-refractivity contribution is 9.09. The molecule has 1 fully saturated rings. The Bertz CT molecular complexity index is 170. The van der Waals surface area contributed by atoms with Gasteiger partial charge in [0.2, 0.25) is 5.91 Å². The summed E-state index contributed by atoms with van der Waals surface area (Å²) in [6, 6.07) is 0.0139. The van der Waals surface area contributed by atoms with Gasteiger partial charge in [-0.25, -0.2) is 0 Å². The molecule has 0 radical (unpaired) electrons. The first-order valence-corrected chi connectivity index (χ1v) is 5.15. The minimum absolute atomic E-state index is 0.0139. The molecule has 0 aromatic heterocycles. The van der Waals surface area contributed by atoms with Crippen molar-refractivity contribution in [3.05, 3.63) is 0 Å². The maximum Gasteiger partial charge on any atom is 0.224 e. The Morgan fingerprint density at radius 2 is 2.50 bits per heavy atom. The Hall–Kier alpha value is -0.0900. The van der Waals surface area contributed by atoms with E-state index in [1.165, 1.54) is 0 Å². The van der Waals surface area contributed by atoms with Crippen LogP contribution >= 0.6 is 15.9 Å². The Morgan fingerprint density at radius 1 is 1.83 bits per heavy atom. The zero-order valence-electron chi connectivity index (χ0n) is 7.16. The fourth-order valence-electron chi connectivity index (χ4n) is 1.49. The summed E-state index contributed by atoms with van der Waals surface area (Å²) in [7, 11) is 0. The van der Waals surface area contributed by atoms with E-state index < -0.39 is 0 Å². The van der Waals surface area contributed by atoms with E-state index in [1.807, 2.05) is 6.92 Å². The van der Waals surface area contributed by atoms with E-state index in [-0.39, 0.29) is 23.4 Å². The van der Waals surface area contributed by atoms with Gasteiger partial charge in [0.25, 0.3) is 0 Å². The van der Waals surface area contributed by atoms with Crippen LogP contribution in [0, 0.1) is 0 Å². The highest BCUT2D eigenvalue weighted by atomic mass is 79.9. The number of aliphatic hydroxyl groups excluding tert-OH is 1. The molecule has 1 amide bonds. The van der Waals surface area contributed by atoms with Crippen molar-refractivity contribution in [2.45, 2.75) is 30.6 Å². The number of nitrogens with zero attached hydrogens (tertiary/aromatic N) is 1. The Balaban J connectivity index is 2.56. The average molecular weight is 236 g/mol. The second kappa shape index (κ2) is 4.23. The van der Waals surface area contributed by atoms with Gasteiger partial charge in [-0.2, -0.15) is 0 Å². The van der Waals surface area contributed by atoms with Crippen LogP contribution in [0.4, 0.5) is 0 Å². The van der Waals surface area contributed by atoms with E-state index in [1.54, 1.807) is 4.90 Å². The summed E-state index contributed by atoms with van der Waals surface area (Å²) in [6.07, 6.45) is 1.39. The van der Waals surface area contributed by atoms with Gasteiger partial charge in [0, 0.05) is 17.8 Å². The first-order chi connectivity index (χ1) is 5.69. The average Bonchev–Trinajstić information content (AvgIpc) is 2.34. The number of rotatable bonds is 3. The van der Waals surface area contributed by atoms with Gasteiger partial charge >= 0.3 is 0 Å². The zero-order valence-corrected chi connectivity index (χ0v) is 8.75. The van der Waals surface area contributed by atoms with E-state index in [9.17, 15) is 4.79 Å². The summed E-state index contributed by atoms with van der Waals surface area (Å²) in [5, 5.41) is 8.98. The van der Waals surface area contributed by atoms with Gasteiger partial charge in [-0.3, -0.25) is 4.79 Å². The number of amides is 1. The van der Waals surface area contributed by atoms with Crippen LogP contribution in [-0.4, -0.2) is 39.9 Å². The van der Waals surface area contributed by atoms with Gasteiger partial charge in [-0.1, -0.05) is 22.9 Å². The molecule has 1 N–H and O–H groups in total. The number of halogens is 1. The minimum atomic E-state index is 0.0139.